The first-order valence-corrected chi connectivity index (χ1v) is 12.3. The smallest absolute Gasteiger partial charge is 0.191 e. The molecule has 3 heteroatoms. The molecule has 0 N–H and O–H groups in total. The van der Waals surface area contributed by atoms with E-state index in [-0.39, 0.29) is 22.2 Å². The highest BCUT2D eigenvalue weighted by Crippen LogP contribution is 2.54. The summed E-state index contributed by atoms with van der Waals surface area (Å²) < 4.78 is 6.57. The van der Waals surface area contributed by atoms with Gasteiger partial charge in [-0.3, -0.25) is 4.79 Å². The Bertz CT molecular complexity index is 541. The molecule has 4 atom stereocenters. The molecule has 136 valence electrons. The molecule has 0 aromatic carbocycles. The van der Waals surface area contributed by atoms with Crippen molar-refractivity contribution < 1.29 is 9.22 Å². The maximum atomic E-state index is 12.3. The third-order valence-electron chi connectivity index (χ3n) is 7.16. The lowest BCUT2D eigenvalue weighted by Crippen LogP contribution is -2.47. The van der Waals surface area contributed by atoms with E-state index in [0.717, 1.165) is 19.4 Å². The topological polar surface area (TPSA) is 26.3 Å². The third-order valence-corrected chi connectivity index (χ3v) is 11.7. The Morgan fingerprint density at radius 2 is 2.00 bits per heavy atom. The average molecular weight is 349 g/mol. The molecule has 1 saturated carbocycles. The highest BCUT2D eigenvalue weighted by atomic mass is 28.4. The van der Waals surface area contributed by atoms with E-state index in [1.54, 1.807) is 0 Å². The van der Waals surface area contributed by atoms with Crippen LogP contribution in [0.25, 0.3) is 0 Å². The number of hydrogen-bond acceptors (Lipinski definition) is 2. The highest BCUT2D eigenvalue weighted by molar-refractivity contribution is 6.74. The number of hydrogen-bond donors (Lipinski definition) is 0. The molecular formula is C21H36O2Si. The minimum atomic E-state index is -1.76. The standard InChI is InChI=1S/C21H36O2Si/c1-15(2)17-9-10-18(14-23-24(7,8)20(4,5)6)21(13-17)12-11-19(22)16(21)3/h11-12,16-18H,1,9-10,13-14H2,2-8H3/t16-,17+,18-,21-/m1/s1. The molecule has 0 unspecified atom stereocenters. The third kappa shape index (κ3) is 3.48. The molecule has 0 saturated heterocycles. The second-order valence-electron chi connectivity index (χ2n) is 9.66. The lowest BCUT2D eigenvalue weighted by molar-refractivity contribution is -0.121. The first kappa shape index (κ1) is 19.6. The zero-order chi connectivity index (χ0) is 18.3. The van der Waals surface area contributed by atoms with Crippen molar-refractivity contribution in [3.8, 4) is 0 Å². The van der Waals surface area contributed by atoms with Crippen LogP contribution in [0.5, 0.6) is 0 Å². The second kappa shape index (κ2) is 6.57. The maximum Gasteiger partial charge on any atom is 0.191 e. The van der Waals surface area contributed by atoms with E-state index >= 15 is 0 Å². The quantitative estimate of drug-likeness (QED) is 0.477. The number of ketones is 1. The molecule has 24 heavy (non-hydrogen) atoms. The van der Waals surface area contributed by atoms with Crippen LogP contribution in [-0.2, 0) is 9.22 Å². The molecule has 0 aromatic rings. The van der Waals surface area contributed by atoms with Gasteiger partial charge in [-0.2, -0.15) is 0 Å². The van der Waals surface area contributed by atoms with Crippen molar-refractivity contribution in [1.29, 1.82) is 0 Å². The summed E-state index contributed by atoms with van der Waals surface area (Å²) in [5, 5.41) is 0.224. The van der Waals surface area contributed by atoms with E-state index in [1.807, 2.05) is 6.08 Å². The van der Waals surface area contributed by atoms with Gasteiger partial charge in [0.1, 0.15) is 0 Å². The molecule has 0 bridgehead atoms. The lowest BCUT2D eigenvalue weighted by Gasteiger charge is -2.48. The number of carbonyl (C=O) groups is 1. The summed E-state index contributed by atoms with van der Waals surface area (Å²) in [6.07, 6.45) is 7.41. The Kier molecular flexibility index (Phi) is 5.38. The van der Waals surface area contributed by atoms with Crippen LogP contribution in [0.2, 0.25) is 18.1 Å². The first-order valence-electron chi connectivity index (χ1n) is 9.43. The van der Waals surface area contributed by atoms with E-state index < -0.39 is 8.32 Å². The molecule has 0 aliphatic heterocycles. The summed E-state index contributed by atoms with van der Waals surface area (Å²) in [4.78, 5) is 12.3. The molecule has 0 aromatic heterocycles. The van der Waals surface area contributed by atoms with Gasteiger partial charge in [0.05, 0.1) is 0 Å². The van der Waals surface area contributed by atoms with E-state index in [4.69, 9.17) is 4.43 Å². The summed E-state index contributed by atoms with van der Waals surface area (Å²) >= 11 is 0. The van der Waals surface area contributed by atoms with Gasteiger partial charge >= 0.3 is 0 Å². The Morgan fingerprint density at radius 3 is 2.46 bits per heavy atom. The van der Waals surface area contributed by atoms with Gasteiger partial charge in [0, 0.05) is 17.9 Å². The fourth-order valence-electron chi connectivity index (χ4n) is 4.08. The van der Waals surface area contributed by atoms with Crippen LogP contribution in [0.15, 0.2) is 24.3 Å². The van der Waals surface area contributed by atoms with Crippen molar-refractivity contribution in [3.63, 3.8) is 0 Å². The van der Waals surface area contributed by atoms with Gasteiger partial charge in [0.25, 0.3) is 0 Å². The Hall–Kier alpha value is -0.673. The van der Waals surface area contributed by atoms with Crippen molar-refractivity contribution in [2.24, 2.45) is 23.2 Å². The minimum absolute atomic E-state index is 0.0265. The SMILES string of the molecule is C=C(C)[C@H]1CC[C@H](CO[Si](C)(C)C(C)(C)C)[C@]2(C=CC(=O)[C@H]2C)C1. The van der Waals surface area contributed by atoms with Crippen LogP contribution in [0.1, 0.15) is 53.9 Å². The normalized spacial score (nSPS) is 34.1. The Balaban J connectivity index is 2.21. The van der Waals surface area contributed by atoms with Crippen molar-refractivity contribution in [2.75, 3.05) is 6.61 Å². The number of allylic oxidation sites excluding steroid dienone is 3. The van der Waals surface area contributed by atoms with Crippen LogP contribution < -0.4 is 0 Å². The zero-order valence-corrected chi connectivity index (χ0v) is 17.7. The second-order valence-corrected chi connectivity index (χ2v) is 14.5. The molecule has 2 nitrogen and oxygen atoms in total. The summed E-state index contributed by atoms with van der Waals surface area (Å²) in [6.45, 7) is 20.7. The average Bonchev–Trinajstić information content (AvgIpc) is 2.74. The van der Waals surface area contributed by atoms with Crippen LogP contribution >= 0.6 is 0 Å². The fourth-order valence-corrected chi connectivity index (χ4v) is 5.13. The fraction of sp³-hybridized carbons (Fsp3) is 0.762. The van der Waals surface area contributed by atoms with E-state index in [0.29, 0.717) is 11.8 Å². The molecule has 0 radical (unpaired) electrons. The Morgan fingerprint density at radius 1 is 1.38 bits per heavy atom. The zero-order valence-electron chi connectivity index (χ0n) is 16.7. The van der Waals surface area contributed by atoms with E-state index in [9.17, 15) is 4.79 Å². The summed E-state index contributed by atoms with van der Waals surface area (Å²) in [6, 6.07) is 0. The molecule has 1 fully saturated rings. The number of rotatable bonds is 4. The summed E-state index contributed by atoms with van der Waals surface area (Å²) in [5.74, 6) is 1.34. The highest BCUT2D eigenvalue weighted by Gasteiger charge is 2.51. The molecule has 0 heterocycles. The van der Waals surface area contributed by atoms with Crippen molar-refractivity contribution in [2.45, 2.75) is 72.0 Å². The van der Waals surface area contributed by atoms with Gasteiger partial charge < -0.3 is 4.43 Å². The predicted octanol–water partition coefficient (Wildman–Crippen LogP) is 5.76. The first-order chi connectivity index (χ1) is 10.9. The minimum Gasteiger partial charge on any atom is -0.417 e. The molecule has 1 spiro atoms. The maximum absolute atomic E-state index is 12.3. The van der Waals surface area contributed by atoms with Gasteiger partial charge in [-0.15, -0.1) is 0 Å². The molecule has 0 amide bonds. The summed E-state index contributed by atoms with van der Waals surface area (Å²) in [5.41, 5.74) is 1.24. The van der Waals surface area contributed by atoms with E-state index in [2.05, 4.69) is 60.4 Å². The Labute approximate surface area is 149 Å². The van der Waals surface area contributed by atoms with Crippen molar-refractivity contribution in [1.82, 2.24) is 0 Å². The monoisotopic (exact) mass is 348 g/mol. The van der Waals surface area contributed by atoms with Crippen molar-refractivity contribution in [3.05, 3.63) is 24.3 Å². The summed E-state index contributed by atoms with van der Waals surface area (Å²) in [7, 11) is -1.76. The van der Waals surface area contributed by atoms with Gasteiger partial charge in [-0.1, -0.05) is 45.9 Å². The van der Waals surface area contributed by atoms with Crippen LogP contribution in [0.4, 0.5) is 0 Å². The lowest BCUT2D eigenvalue weighted by atomic mass is 9.58. The van der Waals surface area contributed by atoms with Gasteiger partial charge in [0.15, 0.2) is 14.1 Å². The van der Waals surface area contributed by atoms with Crippen LogP contribution in [-0.4, -0.2) is 20.7 Å². The predicted molar refractivity (Wildman–Crippen MR) is 105 cm³/mol. The largest absolute Gasteiger partial charge is 0.417 e. The molecular weight excluding hydrogens is 312 g/mol. The molecule has 2 rings (SSSR count). The number of carbonyl (C=O) groups excluding carboxylic acids is 1. The van der Waals surface area contributed by atoms with Gasteiger partial charge in [-0.05, 0) is 62.2 Å². The molecule has 2 aliphatic carbocycles. The van der Waals surface area contributed by atoms with Crippen LogP contribution in [0.3, 0.4) is 0 Å². The van der Waals surface area contributed by atoms with Crippen molar-refractivity contribution >= 4 is 14.1 Å². The van der Waals surface area contributed by atoms with E-state index in [1.165, 1.54) is 12.0 Å². The molecule has 2 aliphatic rings. The van der Waals surface area contributed by atoms with Gasteiger partial charge in [0.2, 0.25) is 0 Å². The van der Waals surface area contributed by atoms with Crippen LogP contribution in [0, 0.1) is 23.2 Å². The van der Waals surface area contributed by atoms with Gasteiger partial charge in [-0.25, -0.2) is 0 Å².